The highest BCUT2D eigenvalue weighted by atomic mass is 32.2. The van der Waals surface area contributed by atoms with Gasteiger partial charge in [0, 0.05) is 23.1 Å². The quantitative estimate of drug-likeness (QED) is 0.891. The molecule has 3 nitrogen and oxygen atoms in total. The van der Waals surface area contributed by atoms with E-state index in [9.17, 15) is 9.00 Å². The lowest BCUT2D eigenvalue weighted by molar-refractivity contribution is -0.120. The maximum absolute atomic E-state index is 12.4. The Kier molecular flexibility index (Phi) is 5.90. The van der Waals surface area contributed by atoms with E-state index >= 15 is 0 Å². The zero-order chi connectivity index (χ0) is 15.9. The Hall–Kier alpha value is -1.94. The lowest BCUT2D eigenvalue weighted by Gasteiger charge is -2.13. The Balaban J connectivity index is 1.90. The van der Waals surface area contributed by atoms with E-state index in [2.05, 4.69) is 5.32 Å². The molecule has 2 rings (SSSR count). The van der Waals surface area contributed by atoms with E-state index in [4.69, 9.17) is 0 Å². The van der Waals surface area contributed by atoms with Gasteiger partial charge in [0.1, 0.15) is 5.25 Å². The predicted molar refractivity (Wildman–Crippen MR) is 90.8 cm³/mol. The van der Waals surface area contributed by atoms with Gasteiger partial charge in [-0.2, -0.15) is 0 Å². The summed E-state index contributed by atoms with van der Waals surface area (Å²) in [5.41, 5.74) is 3.17. The summed E-state index contributed by atoms with van der Waals surface area (Å²) >= 11 is 0. The van der Waals surface area contributed by atoms with E-state index in [1.807, 2.05) is 61.5 Å². The van der Waals surface area contributed by atoms with E-state index in [1.54, 1.807) is 6.92 Å². The van der Waals surface area contributed by atoms with Crippen molar-refractivity contribution < 1.29 is 9.00 Å². The van der Waals surface area contributed by atoms with Crippen molar-refractivity contribution in [2.24, 2.45) is 0 Å². The summed E-state index contributed by atoms with van der Waals surface area (Å²) in [6.45, 7) is 4.17. The van der Waals surface area contributed by atoms with Crippen LogP contribution in [0.15, 0.2) is 54.6 Å². The van der Waals surface area contributed by atoms with Gasteiger partial charge in [-0.1, -0.05) is 54.6 Å². The van der Waals surface area contributed by atoms with E-state index < -0.39 is 16.0 Å². The summed E-state index contributed by atoms with van der Waals surface area (Å²) < 4.78 is 12.4. The second-order valence-electron chi connectivity index (χ2n) is 5.30. The van der Waals surface area contributed by atoms with E-state index in [1.165, 1.54) is 0 Å². The fraction of sp³-hybridized carbons (Fsp3) is 0.278. The zero-order valence-electron chi connectivity index (χ0n) is 12.9. The largest absolute Gasteiger partial charge is 0.351 e. The van der Waals surface area contributed by atoms with Crippen LogP contribution in [0.25, 0.3) is 0 Å². The number of carbonyl (C=O) groups excluding carboxylic acids is 1. The number of benzene rings is 2. The number of rotatable bonds is 6. The Morgan fingerprint density at radius 3 is 2.41 bits per heavy atom. The lowest BCUT2D eigenvalue weighted by Crippen LogP contribution is -2.35. The number of aryl methyl sites for hydroxylation is 1. The third-order valence-electron chi connectivity index (χ3n) is 3.63. The number of hydrogen-bond acceptors (Lipinski definition) is 2. The SMILES string of the molecule is Cc1ccccc1C[S@@](=O)[C@H](C)C(=O)NCc1ccccc1. The minimum Gasteiger partial charge on any atom is -0.351 e. The van der Waals surface area contributed by atoms with Crippen LogP contribution in [0.1, 0.15) is 23.6 Å². The van der Waals surface area contributed by atoms with Crippen LogP contribution in [0.3, 0.4) is 0 Å². The molecule has 1 amide bonds. The third-order valence-corrected chi connectivity index (χ3v) is 5.23. The number of hydrogen-bond donors (Lipinski definition) is 1. The van der Waals surface area contributed by atoms with Crippen molar-refractivity contribution in [2.45, 2.75) is 31.4 Å². The molecule has 0 aliphatic heterocycles. The van der Waals surface area contributed by atoms with Gasteiger partial charge >= 0.3 is 0 Å². The molecule has 0 unspecified atom stereocenters. The van der Waals surface area contributed by atoms with Crippen molar-refractivity contribution in [1.82, 2.24) is 5.32 Å². The zero-order valence-corrected chi connectivity index (χ0v) is 13.7. The standard InChI is InChI=1S/C18H21NO2S/c1-14-8-6-7-11-17(14)13-22(21)15(2)18(20)19-12-16-9-4-3-5-10-16/h3-11,15H,12-13H2,1-2H3,(H,19,20)/t15-,22-/m1/s1. The van der Waals surface area contributed by atoms with E-state index in [-0.39, 0.29) is 5.91 Å². The van der Waals surface area contributed by atoms with Crippen molar-refractivity contribution in [3.05, 3.63) is 71.3 Å². The highest BCUT2D eigenvalue weighted by Crippen LogP contribution is 2.12. The second kappa shape index (κ2) is 7.90. The van der Waals surface area contributed by atoms with Gasteiger partial charge in [0.05, 0.1) is 0 Å². The van der Waals surface area contributed by atoms with Crippen molar-refractivity contribution in [2.75, 3.05) is 0 Å². The van der Waals surface area contributed by atoms with Crippen LogP contribution in [-0.2, 0) is 27.9 Å². The van der Waals surface area contributed by atoms with Crippen LogP contribution < -0.4 is 5.32 Å². The molecule has 0 radical (unpaired) electrons. The van der Waals surface area contributed by atoms with Crippen LogP contribution in [0.5, 0.6) is 0 Å². The number of nitrogens with one attached hydrogen (secondary N) is 1. The maximum atomic E-state index is 12.4. The topological polar surface area (TPSA) is 46.2 Å². The molecule has 116 valence electrons. The van der Waals surface area contributed by atoms with Crippen LogP contribution in [0.4, 0.5) is 0 Å². The molecule has 2 aromatic rings. The van der Waals surface area contributed by atoms with Gasteiger partial charge in [-0.15, -0.1) is 0 Å². The average Bonchev–Trinajstić information content (AvgIpc) is 2.55. The van der Waals surface area contributed by atoms with Crippen molar-refractivity contribution in [3.8, 4) is 0 Å². The fourth-order valence-electron chi connectivity index (χ4n) is 2.10. The molecule has 0 heterocycles. The summed E-state index contributed by atoms with van der Waals surface area (Å²) in [6.07, 6.45) is 0. The molecular weight excluding hydrogens is 294 g/mol. The van der Waals surface area contributed by atoms with Gasteiger partial charge < -0.3 is 5.32 Å². The van der Waals surface area contributed by atoms with Gasteiger partial charge in [-0.25, -0.2) is 0 Å². The van der Waals surface area contributed by atoms with Gasteiger partial charge in [-0.05, 0) is 30.5 Å². The Morgan fingerprint density at radius 2 is 1.73 bits per heavy atom. The smallest absolute Gasteiger partial charge is 0.235 e. The molecule has 1 N–H and O–H groups in total. The lowest BCUT2D eigenvalue weighted by atomic mass is 10.1. The van der Waals surface area contributed by atoms with Crippen LogP contribution >= 0.6 is 0 Å². The first kappa shape index (κ1) is 16.4. The molecule has 2 aromatic carbocycles. The van der Waals surface area contributed by atoms with Gasteiger partial charge in [0.2, 0.25) is 5.91 Å². The van der Waals surface area contributed by atoms with E-state index in [0.717, 1.165) is 16.7 Å². The highest BCUT2D eigenvalue weighted by Gasteiger charge is 2.20. The normalized spacial score (nSPS) is 13.4. The van der Waals surface area contributed by atoms with E-state index in [0.29, 0.717) is 12.3 Å². The molecule has 0 aliphatic rings. The minimum absolute atomic E-state index is 0.171. The molecular formula is C18H21NO2S. The second-order valence-corrected chi connectivity index (χ2v) is 7.05. The first-order valence-electron chi connectivity index (χ1n) is 7.31. The summed E-state index contributed by atoms with van der Waals surface area (Å²) in [4.78, 5) is 12.1. The summed E-state index contributed by atoms with van der Waals surface area (Å²) in [5.74, 6) is 0.239. The first-order chi connectivity index (χ1) is 10.6. The predicted octanol–water partition coefficient (Wildman–Crippen LogP) is 2.95. The average molecular weight is 315 g/mol. The maximum Gasteiger partial charge on any atom is 0.235 e. The molecule has 0 fully saturated rings. The molecule has 2 atom stereocenters. The Labute approximate surface area is 134 Å². The number of amides is 1. The Morgan fingerprint density at radius 1 is 1.09 bits per heavy atom. The number of carbonyl (C=O) groups is 1. The van der Waals surface area contributed by atoms with Crippen LogP contribution in [0, 0.1) is 6.92 Å². The summed E-state index contributed by atoms with van der Waals surface area (Å²) in [7, 11) is -1.23. The molecule has 4 heteroatoms. The highest BCUT2D eigenvalue weighted by molar-refractivity contribution is 7.85. The summed E-state index contributed by atoms with van der Waals surface area (Å²) in [5, 5.41) is 2.32. The monoisotopic (exact) mass is 315 g/mol. The molecule has 0 saturated carbocycles. The molecule has 0 spiro atoms. The van der Waals surface area contributed by atoms with Gasteiger partial charge in [-0.3, -0.25) is 9.00 Å². The molecule has 22 heavy (non-hydrogen) atoms. The van der Waals surface area contributed by atoms with Crippen molar-refractivity contribution in [1.29, 1.82) is 0 Å². The minimum atomic E-state index is -1.23. The molecule has 0 aliphatic carbocycles. The molecule has 0 bridgehead atoms. The summed E-state index contributed by atoms with van der Waals surface area (Å²) in [6, 6.07) is 17.5. The van der Waals surface area contributed by atoms with Crippen molar-refractivity contribution >= 4 is 16.7 Å². The van der Waals surface area contributed by atoms with Gasteiger partial charge in [0.25, 0.3) is 0 Å². The molecule has 0 aromatic heterocycles. The fourth-order valence-corrected chi connectivity index (χ4v) is 3.30. The molecule has 0 saturated heterocycles. The van der Waals surface area contributed by atoms with Crippen LogP contribution in [0.2, 0.25) is 0 Å². The van der Waals surface area contributed by atoms with Crippen LogP contribution in [-0.4, -0.2) is 15.4 Å². The van der Waals surface area contributed by atoms with Crippen molar-refractivity contribution in [3.63, 3.8) is 0 Å². The van der Waals surface area contributed by atoms with Gasteiger partial charge in [0.15, 0.2) is 0 Å². The Bertz CT molecular complexity index is 655. The third kappa shape index (κ3) is 4.53. The first-order valence-corrected chi connectivity index (χ1v) is 8.69.